The van der Waals surface area contributed by atoms with Gasteiger partial charge < -0.3 is 11.1 Å². The molecule has 0 radical (unpaired) electrons. The van der Waals surface area contributed by atoms with E-state index in [0.717, 1.165) is 12.8 Å². The fourth-order valence-electron chi connectivity index (χ4n) is 1.25. The molecule has 0 heterocycles. The summed E-state index contributed by atoms with van der Waals surface area (Å²) in [5.74, 6) is -0.946. The number of amides is 1. The van der Waals surface area contributed by atoms with Gasteiger partial charge in [-0.1, -0.05) is 17.7 Å². The Bertz CT molecular complexity index is 371. The number of halogens is 2. The van der Waals surface area contributed by atoms with Crippen LogP contribution in [0.25, 0.3) is 0 Å². The molecule has 0 aliphatic rings. The minimum atomic E-state index is -0.587. The molecule has 0 fully saturated rings. The zero-order chi connectivity index (χ0) is 12.0. The second-order valence-corrected chi connectivity index (χ2v) is 3.73. The summed E-state index contributed by atoms with van der Waals surface area (Å²) in [6, 6.07) is 4.16. The van der Waals surface area contributed by atoms with E-state index in [1.165, 1.54) is 18.2 Å². The summed E-state index contributed by atoms with van der Waals surface area (Å²) in [7, 11) is 0. The molecule has 0 atom stereocenters. The highest BCUT2D eigenvalue weighted by atomic mass is 35.5. The van der Waals surface area contributed by atoms with Crippen LogP contribution < -0.4 is 11.1 Å². The minimum Gasteiger partial charge on any atom is -0.352 e. The Morgan fingerprint density at radius 2 is 2.19 bits per heavy atom. The number of benzene rings is 1. The molecule has 0 bridgehead atoms. The van der Waals surface area contributed by atoms with Gasteiger partial charge in [0, 0.05) is 6.54 Å². The van der Waals surface area contributed by atoms with E-state index < -0.39 is 5.82 Å². The number of nitrogens with one attached hydrogen (secondary N) is 1. The maximum atomic E-state index is 13.1. The van der Waals surface area contributed by atoms with Crippen molar-refractivity contribution in [3.63, 3.8) is 0 Å². The standard InChI is InChI=1S/C11H14ClFN2O/c12-10-8(4-3-5-9(10)13)11(16)15-7-2-1-6-14/h3-5H,1-2,6-7,14H2,(H,15,16). The van der Waals surface area contributed by atoms with Crippen molar-refractivity contribution in [1.29, 1.82) is 0 Å². The van der Waals surface area contributed by atoms with Gasteiger partial charge in [0.2, 0.25) is 0 Å². The topological polar surface area (TPSA) is 55.1 Å². The van der Waals surface area contributed by atoms with Crippen LogP contribution in [0.5, 0.6) is 0 Å². The first-order chi connectivity index (χ1) is 7.66. The predicted octanol–water partition coefficient (Wildman–Crippen LogP) is 1.95. The van der Waals surface area contributed by atoms with Crippen LogP contribution in [0.15, 0.2) is 18.2 Å². The largest absolute Gasteiger partial charge is 0.352 e. The van der Waals surface area contributed by atoms with Crippen molar-refractivity contribution < 1.29 is 9.18 Å². The van der Waals surface area contributed by atoms with E-state index in [2.05, 4.69) is 5.32 Å². The van der Waals surface area contributed by atoms with Crippen LogP contribution >= 0.6 is 11.6 Å². The number of carbonyl (C=O) groups excluding carboxylic acids is 1. The lowest BCUT2D eigenvalue weighted by Crippen LogP contribution is -2.25. The highest BCUT2D eigenvalue weighted by Crippen LogP contribution is 2.19. The van der Waals surface area contributed by atoms with Gasteiger partial charge in [0.05, 0.1) is 10.6 Å². The van der Waals surface area contributed by atoms with Crippen LogP contribution in [-0.2, 0) is 0 Å². The molecule has 0 aliphatic carbocycles. The number of hydrogen-bond acceptors (Lipinski definition) is 2. The van der Waals surface area contributed by atoms with Crippen LogP contribution in [0.1, 0.15) is 23.2 Å². The lowest BCUT2D eigenvalue weighted by molar-refractivity contribution is 0.0953. The zero-order valence-corrected chi connectivity index (χ0v) is 9.56. The maximum absolute atomic E-state index is 13.1. The lowest BCUT2D eigenvalue weighted by Gasteiger charge is -2.06. The van der Waals surface area contributed by atoms with Gasteiger partial charge in [-0.15, -0.1) is 0 Å². The van der Waals surface area contributed by atoms with Crippen LogP contribution in [0.3, 0.4) is 0 Å². The third-order valence-electron chi connectivity index (χ3n) is 2.11. The smallest absolute Gasteiger partial charge is 0.252 e. The Balaban J connectivity index is 2.56. The first-order valence-electron chi connectivity index (χ1n) is 5.09. The van der Waals surface area contributed by atoms with Gasteiger partial charge in [-0.05, 0) is 31.5 Å². The number of rotatable bonds is 5. The molecule has 1 rings (SSSR count). The Morgan fingerprint density at radius 3 is 2.88 bits per heavy atom. The first kappa shape index (κ1) is 12.9. The highest BCUT2D eigenvalue weighted by molar-refractivity contribution is 6.34. The summed E-state index contributed by atoms with van der Waals surface area (Å²) in [5.41, 5.74) is 5.48. The molecule has 1 aromatic carbocycles. The van der Waals surface area contributed by atoms with Crippen molar-refractivity contribution >= 4 is 17.5 Å². The van der Waals surface area contributed by atoms with Gasteiger partial charge in [-0.3, -0.25) is 4.79 Å². The normalized spacial score (nSPS) is 10.2. The van der Waals surface area contributed by atoms with Crippen LogP contribution in [-0.4, -0.2) is 19.0 Å². The second-order valence-electron chi connectivity index (χ2n) is 3.35. The van der Waals surface area contributed by atoms with Crippen molar-refractivity contribution in [2.24, 2.45) is 5.73 Å². The molecular weight excluding hydrogens is 231 g/mol. The molecule has 3 N–H and O–H groups in total. The van der Waals surface area contributed by atoms with Crippen molar-refractivity contribution in [2.75, 3.05) is 13.1 Å². The van der Waals surface area contributed by atoms with Crippen LogP contribution in [0, 0.1) is 5.82 Å². The molecule has 0 aliphatic heterocycles. The Labute approximate surface area is 98.8 Å². The highest BCUT2D eigenvalue weighted by Gasteiger charge is 2.12. The van der Waals surface area contributed by atoms with Gasteiger partial charge in [-0.25, -0.2) is 4.39 Å². The monoisotopic (exact) mass is 244 g/mol. The fourth-order valence-corrected chi connectivity index (χ4v) is 1.46. The number of carbonyl (C=O) groups is 1. The molecule has 0 saturated heterocycles. The SMILES string of the molecule is NCCCCNC(=O)c1cccc(F)c1Cl. The predicted molar refractivity (Wildman–Crippen MR) is 62.0 cm³/mol. The molecule has 0 aromatic heterocycles. The molecule has 0 unspecified atom stereocenters. The summed E-state index contributed by atoms with van der Waals surface area (Å²) in [6.45, 7) is 1.11. The van der Waals surface area contributed by atoms with E-state index in [4.69, 9.17) is 17.3 Å². The Hall–Kier alpha value is -1.13. The third-order valence-corrected chi connectivity index (χ3v) is 2.50. The summed E-state index contributed by atoms with van der Waals surface area (Å²) in [5, 5.41) is 2.52. The van der Waals surface area contributed by atoms with E-state index in [-0.39, 0.29) is 16.5 Å². The quantitative estimate of drug-likeness (QED) is 0.778. The fraction of sp³-hybridized carbons (Fsp3) is 0.364. The second kappa shape index (κ2) is 6.45. The van der Waals surface area contributed by atoms with Crippen molar-refractivity contribution in [3.8, 4) is 0 Å². The van der Waals surface area contributed by atoms with Crippen molar-refractivity contribution in [1.82, 2.24) is 5.32 Å². The van der Waals surface area contributed by atoms with E-state index >= 15 is 0 Å². The Morgan fingerprint density at radius 1 is 1.44 bits per heavy atom. The summed E-state index contributed by atoms with van der Waals surface area (Å²) < 4.78 is 13.1. The molecule has 0 saturated carbocycles. The van der Waals surface area contributed by atoms with Crippen molar-refractivity contribution in [2.45, 2.75) is 12.8 Å². The van der Waals surface area contributed by atoms with E-state index in [1.54, 1.807) is 0 Å². The van der Waals surface area contributed by atoms with E-state index in [1.807, 2.05) is 0 Å². The molecule has 88 valence electrons. The number of hydrogen-bond donors (Lipinski definition) is 2. The molecule has 16 heavy (non-hydrogen) atoms. The molecule has 3 nitrogen and oxygen atoms in total. The number of unbranched alkanes of at least 4 members (excludes halogenated alkanes) is 1. The number of nitrogens with two attached hydrogens (primary N) is 1. The zero-order valence-electron chi connectivity index (χ0n) is 8.80. The molecule has 0 spiro atoms. The average molecular weight is 245 g/mol. The molecule has 1 aromatic rings. The summed E-state index contributed by atoms with van der Waals surface area (Å²) in [6.07, 6.45) is 1.65. The van der Waals surface area contributed by atoms with Gasteiger partial charge in [0.15, 0.2) is 0 Å². The average Bonchev–Trinajstić information content (AvgIpc) is 2.28. The van der Waals surface area contributed by atoms with Gasteiger partial charge >= 0.3 is 0 Å². The first-order valence-corrected chi connectivity index (χ1v) is 5.47. The maximum Gasteiger partial charge on any atom is 0.252 e. The molecule has 5 heteroatoms. The van der Waals surface area contributed by atoms with Crippen LogP contribution in [0.2, 0.25) is 5.02 Å². The van der Waals surface area contributed by atoms with Gasteiger partial charge in [-0.2, -0.15) is 0 Å². The Kier molecular flexibility index (Phi) is 5.22. The summed E-state index contributed by atoms with van der Waals surface area (Å²) in [4.78, 5) is 11.6. The van der Waals surface area contributed by atoms with E-state index in [9.17, 15) is 9.18 Å². The minimum absolute atomic E-state index is 0.140. The van der Waals surface area contributed by atoms with Gasteiger partial charge in [0.1, 0.15) is 5.82 Å². The van der Waals surface area contributed by atoms with Crippen LogP contribution in [0.4, 0.5) is 4.39 Å². The third kappa shape index (κ3) is 3.47. The summed E-state index contributed by atoms with van der Waals surface area (Å²) >= 11 is 5.67. The lowest BCUT2D eigenvalue weighted by atomic mass is 10.2. The molecular formula is C11H14ClFN2O. The van der Waals surface area contributed by atoms with E-state index in [0.29, 0.717) is 13.1 Å². The van der Waals surface area contributed by atoms with Crippen molar-refractivity contribution in [3.05, 3.63) is 34.6 Å². The van der Waals surface area contributed by atoms with Gasteiger partial charge in [0.25, 0.3) is 5.91 Å². The molecule has 1 amide bonds.